The van der Waals surface area contributed by atoms with Crippen molar-refractivity contribution >= 4 is 27.6 Å². The summed E-state index contributed by atoms with van der Waals surface area (Å²) in [5.41, 5.74) is -0.339. The van der Waals surface area contributed by atoms with Crippen molar-refractivity contribution in [3.63, 3.8) is 0 Å². The van der Waals surface area contributed by atoms with Crippen molar-refractivity contribution in [3.05, 3.63) is 65.0 Å². The minimum Gasteiger partial charge on any atom is -0.478 e. The molecule has 3 aromatic rings. The Bertz CT molecular complexity index is 1480. The zero-order valence-electron chi connectivity index (χ0n) is 20.6. The number of aryl methyl sites for hydroxylation is 1. The number of carboxylic acid groups (broad SMARTS) is 1. The summed E-state index contributed by atoms with van der Waals surface area (Å²) in [7, 11) is -4.36. The lowest BCUT2D eigenvalue weighted by molar-refractivity contribution is -0.125. The number of carbonyl (C=O) groups excluding carboxylic acids is 1. The van der Waals surface area contributed by atoms with Crippen molar-refractivity contribution in [3.8, 4) is 5.88 Å². The quantitative estimate of drug-likeness (QED) is 0.368. The number of aromatic carboxylic acids is 1. The minimum absolute atomic E-state index is 0.0356. The predicted molar refractivity (Wildman–Crippen MR) is 131 cm³/mol. The molecule has 0 saturated carbocycles. The Labute approximate surface area is 216 Å². The van der Waals surface area contributed by atoms with Crippen LogP contribution in [-0.2, 0) is 20.2 Å². The van der Waals surface area contributed by atoms with E-state index in [4.69, 9.17) is 0 Å². The number of benzene rings is 1. The van der Waals surface area contributed by atoms with Crippen LogP contribution in [0.3, 0.4) is 0 Å². The maximum atomic E-state index is 13.8. The summed E-state index contributed by atoms with van der Waals surface area (Å²) < 4.78 is 58.0. The highest BCUT2D eigenvalue weighted by molar-refractivity contribution is 7.89. The van der Waals surface area contributed by atoms with Gasteiger partial charge in [-0.25, -0.2) is 18.2 Å². The molecule has 3 N–H and O–H groups in total. The van der Waals surface area contributed by atoms with Gasteiger partial charge in [0.05, 0.1) is 6.20 Å². The van der Waals surface area contributed by atoms with E-state index in [0.717, 1.165) is 16.1 Å². The van der Waals surface area contributed by atoms with Gasteiger partial charge < -0.3 is 15.2 Å². The molecule has 0 bridgehead atoms. The number of sulfonamides is 1. The summed E-state index contributed by atoms with van der Waals surface area (Å²) in [6, 6.07) is 9.91. The molecule has 1 aromatic carbocycles. The van der Waals surface area contributed by atoms with Crippen molar-refractivity contribution in [1.82, 2.24) is 19.5 Å². The van der Waals surface area contributed by atoms with E-state index in [1.54, 1.807) is 25.1 Å². The lowest BCUT2D eigenvalue weighted by Gasteiger charge is -2.48. The van der Waals surface area contributed by atoms with Gasteiger partial charge in [0.15, 0.2) is 5.03 Å². The van der Waals surface area contributed by atoms with Crippen LogP contribution in [0.25, 0.3) is 0 Å². The monoisotopic (exact) mass is 549 g/mol. The van der Waals surface area contributed by atoms with Crippen LogP contribution in [-0.4, -0.2) is 64.6 Å². The highest BCUT2D eigenvalue weighted by Gasteiger charge is 2.56. The number of carbonyl (C=O) groups is 2. The number of pyridine rings is 1. The van der Waals surface area contributed by atoms with Crippen LogP contribution in [0.4, 0.5) is 14.5 Å². The fourth-order valence-electron chi connectivity index (χ4n) is 4.39. The maximum Gasteiger partial charge on any atom is 0.388 e. The number of halogens is 2. The van der Waals surface area contributed by atoms with Crippen molar-refractivity contribution in [2.45, 2.75) is 43.7 Å². The fraction of sp³-hybridized carbons (Fsp3) is 0.333. The average molecular weight is 550 g/mol. The van der Waals surface area contributed by atoms with E-state index in [9.17, 15) is 31.9 Å². The number of hydrogen-bond donors (Lipinski definition) is 3. The molecule has 0 unspecified atom stereocenters. The smallest absolute Gasteiger partial charge is 0.388 e. The molecule has 202 valence electrons. The molecule has 1 aliphatic heterocycles. The van der Waals surface area contributed by atoms with Crippen LogP contribution in [0.15, 0.2) is 47.6 Å². The minimum atomic E-state index is -4.36. The van der Waals surface area contributed by atoms with E-state index in [0.29, 0.717) is 11.3 Å². The van der Waals surface area contributed by atoms with Crippen LogP contribution in [0, 0.1) is 6.92 Å². The predicted octanol–water partition coefficient (Wildman–Crippen LogP) is 3.12. The largest absolute Gasteiger partial charge is 0.478 e. The summed E-state index contributed by atoms with van der Waals surface area (Å²) in [5.74, 6) is -2.66. The third-order valence-electron chi connectivity index (χ3n) is 6.31. The molecule has 1 saturated heterocycles. The Morgan fingerprint density at radius 3 is 2.50 bits per heavy atom. The van der Waals surface area contributed by atoms with Gasteiger partial charge >= 0.3 is 12.6 Å². The van der Waals surface area contributed by atoms with Gasteiger partial charge in [0.1, 0.15) is 16.7 Å². The molecule has 14 heteroatoms. The normalized spacial score (nSPS) is 15.3. The first-order valence-corrected chi connectivity index (χ1v) is 12.9. The molecule has 1 fully saturated rings. The van der Waals surface area contributed by atoms with Gasteiger partial charge in [-0.05, 0) is 36.1 Å². The number of alkyl halides is 2. The number of H-pyrrole nitrogens is 1. The Kier molecular flexibility index (Phi) is 7.21. The fourth-order valence-corrected chi connectivity index (χ4v) is 6.02. The highest BCUT2D eigenvalue weighted by atomic mass is 32.2. The standard InChI is InChI=1S/C24H25F2N5O6S/c1-13(2)15-6-4-5-7-17(15)24(22(34)29-18-9-8-14(3)28-19(18)37-23(25)26)11-31(12-24)38(35,36)20-16(21(32)33)10-27-30-20/h4-10,13,23H,11-12H2,1-3H3,(H,27,30)(H,29,34)(H,32,33). The zero-order chi connectivity index (χ0) is 27.8. The molecule has 1 aliphatic rings. The molecule has 3 heterocycles. The van der Waals surface area contributed by atoms with Gasteiger partial charge in [-0.15, -0.1) is 0 Å². The third-order valence-corrected chi connectivity index (χ3v) is 8.07. The first kappa shape index (κ1) is 27.1. The second kappa shape index (κ2) is 10.1. The molecular weight excluding hydrogens is 524 g/mol. The number of rotatable bonds is 9. The molecule has 2 aromatic heterocycles. The second-order valence-corrected chi connectivity index (χ2v) is 11.0. The van der Waals surface area contributed by atoms with E-state index in [2.05, 4.69) is 25.2 Å². The Morgan fingerprint density at radius 1 is 1.18 bits per heavy atom. The summed E-state index contributed by atoms with van der Waals surface area (Å²) >= 11 is 0. The average Bonchev–Trinajstić information content (AvgIpc) is 3.31. The molecule has 38 heavy (non-hydrogen) atoms. The van der Waals surface area contributed by atoms with Crippen LogP contribution < -0.4 is 10.1 Å². The number of ether oxygens (including phenoxy) is 1. The van der Waals surface area contributed by atoms with Crippen LogP contribution in [0.2, 0.25) is 0 Å². The van der Waals surface area contributed by atoms with Crippen LogP contribution in [0.1, 0.15) is 46.9 Å². The summed E-state index contributed by atoms with van der Waals surface area (Å²) in [4.78, 5) is 29.3. The molecule has 4 rings (SSSR count). The number of hydrogen-bond acceptors (Lipinski definition) is 7. The number of nitrogens with one attached hydrogen (secondary N) is 2. The molecule has 1 amide bonds. The lowest BCUT2D eigenvalue weighted by atomic mass is 9.71. The molecule has 0 aliphatic carbocycles. The molecule has 0 spiro atoms. The van der Waals surface area contributed by atoms with Crippen molar-refractivity contribution < 1.29 is 36.6 Å². The summed E-state index contributed by atoms with van der Waals surface area (Å²) in [6.45, 7) is 1.54. The summed E-state index contributed by atoms with van der Waals surface area (Å²) in [6.07, 6.45) is 0.887. The Balaban J connectivity index is 1.75. The highest BCUT2D eigenvalue weighted by Crippen LogP contribution is 2.42. The van der Waals surface area contributed by atoms with Gasteiger partial charge in [0.2, 0.25) is 11.8 Å². The number of aromatic amines is 1. The Morgan fingerprint density at radius 2 is 1.87 bits per heavy atom. The topological polar surface area (TPSA) is 155 Å². The van der Waals surface area contributed by atoms with E-state index in [1.807, 2.05) is 19.9 Å². The number of anilines is 1. The van der Waals surface area contributed by atoms with Gasteiger partial charge in [0.25, 0.3) is 10.0 Å². The van der Waals surface area contributed by atoms with E-state index in [1.165, 1.54) is 12.1 Å². The summed E-state index contributed by atoms with van der Waals surface area (Å²) in [5, 5.41) is 17.1. The van der Waals surface area contributed by atoms with Gasteiger partial charge in [0, 0.05) is 18.8 Å². The number of amides is 1. The Hall–Kier alpha value is -3.91. The van der Waals surface area contributed by atoms with Gasteiger partial charge in [-0.1, -0.05) is 38.1 Å². The van der Waals surface area contributed by atoms with E-state index >= 15 is 0 Å². The first-order chi connectivity index (χ1) is 17.9. The van der Waals surface area contributed by atoms with E-state index in [-0.39, 0.29) is 24.7 Å². The van der Waals surface area contributed by atoms with Gasteiger partial charge in [-0.2, -0.15) is 18.2 Å². The second-order valence-electron chi connectivity index (χ2n) is 9.15. The van der Waals surface area contributed by atoms with Crippen molar-refractivity contribution in [2.75, 3.05) is 18.4 Å². The van der Waals surface area contributed by atoms with Crippen LogP contribution in [0.5, 0.6) is 5.88 Å². The molecule has 0 atom stereocenters. The third kappa shape index (κ3) is 4.84. The number of aromatic nitrogens is 3. The number of nitrogens with zero attached hydrogens (tertiary/aromatic N) is 3. The number of carboxylic acids is 1. The molecular formula is C24H25F2N5O6S. The van der Waals surface area contributed by atoms with Crippen molar-refractivity contribution in [2.24, 2.45) is 0 Å². The van der Waals surface area contributed by atoms with Gasteiger partial charge in [-0.3, -0.25) is 9.89 Å². The maximum absolute atomic E-state index is 13.8. The van der Waals surface area contributed by atoms with Crippen LogP contribution >= 0.6 is 0 Å². The van der Waals surface area contributed by atoms with E-state index < -0.39 is 50.4 Å². The lowest BCUT2D eigenvalue weighted by Crippen LogP contribution is -2.66. The zero-order valence-corrected chi connectivity index (χ0v) is 21.4. The molecule has 0 radical (unpaired) electrons. The SMILES string of the molecule is Cc1ccc(NC(=O)C2(c3ccccc3C(C)C)CN(S(=O)(=O)c3[nH]ncc3C(=O)O)C2)c(OC(F)F)n1. The first-order valence-electron chi connectivity index (χ1n) is 11.5. The molecule has 11 nitrogen and oxygen atoms in total. The van der Waals surface area contributed by atoms with Crippen molar-refractivity contribution in [1.29, 1.82) is 0 Å².